The average Bonchev–Trinajstić information content (AvgIpc) is 3.17. The van der Waals surface area contributed by atoms with Crippen molar-refractivity contribution in [3.8, 4) is 6.07 Å². The van der Waals surface area contributed by atoms with Crippen molar-refractivity contribution >= 4 is 22.5 Å². The van der Waals surface area contributed by atoms with Gasteiger partial charge in [0.25, 0.3) is 0 Å². The number of rotatable bonds is 5. The van der Waals surface area contributed by atoms with Gasteiger partial charge in [0.1, 0.15) is 11.7 Å². The lowest BCUT2D eigenvalue weighted by Gasteiger charge is -2.13. The first kappa shape index (κ1) is 15.3. The Morgan fingerprint density at radius 3 is 3.00 bits per heavy atom. The summed E-state index contributed by atoms with van der Waals surface area (Å²) in [4.78, 5) is 18.9. The van der Waals surface area contributed by atoms with E-state index in [1.807, 2.05) is 18.5 Å². The maximum atomic E-state index is 11.3. The average molecular weight is 308 g/mol. The molecule has 0 aliphatic heterocycles. The van der Waals surface area contributed by atoms with E-state index in [0.717, 1.165) is 22.3 Å². The van der Waals surface area contributed by atoms with Crippen LogP contribution in [0.1, 0.15) is 38.2 Å². The van der Waals surface area contributed by atoms with Gasteiger partial charge in [-0.05, 0) is 37.8 Å². The smallest absolute Gasteiger partial charge is 0.169 e. The molecule has 1 saturated carbocycles. The van der Waals surface area contributed by atoms with Crippen molar-refractivity contribution in [3.05, 3.63) is 35.7 Å². The standard InChI is InChI=1S/C18H20N4O/c1-12(23)13(9-19)6-7-14-10-20-18-17(14)8-16(11-21-18)22-15-4-2-3-5-15/h6,8,10-11,15,22H,2-5,7H2,1H3,(H,20,21)/b13-6+. The first-order valence-electron chi connectivity index (χ1n) is 8.01. The molecule has 0 aromatic carbocycles. The number of carbonyl (C=O) groups excluding carboxylic acids is 1. The van der Waals surface area contributed by atoms with Crippen LogP contribution in [0.4, 0.5) is 5.69 Å². The Labute approximate surface area is 135 Å². The number of hydrogen-bond acceptors (Lipinski definition) is 4. The fourth-order valence-corrected chi connectivity index (χ4v) is 3.09. The van der Waals surface area contributed by atoms with Gasteiger partial charge in [-0.3, -0.25) is 4.79 Å². The monoisotopic (exact) mass is 308 g/mol. The van der Waals surface area contributed by atoms with Crippen molar-refractivity contribution < 1.29 is 4.79 Å². The molecule has 0 radical (unpaired) electrons. The van der Waals surface area contributed by atoms with E-state index in [9.17, 15) is 4.79 Å². The Kier molecular flexibility index (Phi) is 4.42. The highest BCUT2D eigenvalue weighted by molar-refractivity contribution is 5.97. The molecule has 5 heteroatoms. The molecule has 2 aromatic rings. The number of hydrogen-bond donors (Lipinski definition) is 2. The predicted octanol–water partition coefficient (Wildman–Crippen LogP) is 3.50. The van der Waals surface area contributed by atoms with Gasteiger partial charge in [-0.25, -0.2) is 4.98 Å². The third-order valence-corrected chi connectivity index (χ3v) is 4.37. The van der Waals surface area contributed by atoms with Crippen molar-refractivity contribution in [1.29, 1.82) is 5.26 Å². The van der Waals surface area contributed by atoms with Crippen molar-refractivity contribution in [2.75, 3.05) is 5.32 Å². The highest BCUT2D eigenvalue weighted by atomic mass is 16.1. The van der Waals surface area contributed by atoms with Crippen molar-refractivity contribution in [1.82, 2.24) is 9.97 Å². The first-order chi connectivity index (χ1) is 11.2. The lowest BCUT2D eigenvalue weighted by molar-refractivity contribution is -0.113. The van der Waals surface area contributed by atoms with Crippen LogP contribution in [0.15, 0.2) is 30.1 Å². The number of Topliss-reactive ketones (excluding diaryl/α,β-unsaturated/α-hetero) is 1. The number of nitrogens with one attached hydrogen (secondary N) is 2. The highest BCUT2D eigenvalue weighted by Gasteiger charge is 2.15. The van der Waals surface area contributed by atoms with E-state index in [4.69, 9.17) is 5.26 Å². The Hall–Kier alpha value is -2.61. The molecule has 0 bridgehead atoms. The summed E-state index contributed by atoms with van der Waals surface area (Å²) in [6.45, 7) is 1.41. The van der Waals surface area contributed by atoms with Crippen LogP contribution in [-0.2, 0) is 11.2 Å². The molecule has 3 rings (SSSR count). The summed E-state index contributed by atoms with van der Waals surface area (Å²) in [7, 11) is 0. The van der Waals surface area contributed by atoms with E-state index in [0.29, 0.717) is 12.5 Å². The Balaban J connectivity index is 1.83. The van der Waals surface area contributed by atoms with E-state index in [2.05, 4.69) is 21.4 Å². The Bertz CT molecular complexity index is 791. The van der Waals surface area contributed by atoms with Crippen LogP contribution in [0, 0.1) is 11.3 Å². The minimum atomic E-state index is -0.200. The van der Waals surface area contributed by atoms with Gasteiger partial charge in [-0.1, -0.05) is 18.9 Å². The van der Waals surface area contributed by atoms with E-state index in [1.54, 1.807) is 6.08 Å². The summed E-state index contributed by atoms with van der Waals surface area (Å²) in [5, 5.41) is 13.6. The lowest BCUT2D eigenvalue weighted by Crippen LogP contribution is -2.14. The van der Waals surface area contributed by atoms with E-state index >= 15 is 0 Å². The topological polar surface area (TPSA) is 81.6 Å². The van der Waals surface area contributed by atoms with Crippen molar-refractivity contribution in [2.24, 2.45) is 0 Å². The number of nitrogens with zero attached hydrogens (tertiary/aromatic N) is 2. The molecule has 1 aliphatic carbocycles. The third kappa shape index (κ3) is 3.42. The Morgan fingerprint density at radius 2 is 2.30 bits per heavy atom. The molecule has 2 aromatic heterocycles. The maximum Gasteiger partial charge on any atom is 0.169 e. The first-order valence-corrected chi connectivity index (χ1v) is 8.01. The summed E-state index contributed by atoms with van der Waals surface area (Å²) < 4.78 is 0. The number of pyridine rings is 1. The quantitative estimate of drug-likeness (QED) is 0.654. The van der Waals surface area contributed by atoms with Crippen LogP contribution >= 0.6 is 0 Å². The molecule has 2 N–H and O–H groups in total. The van der Waals surface area contributed by atoms with Crippen molar-refractivity contribution in [3.63, 3.8) is 0 Å². The second-order valence-electron chi connectivity index (χ2n) is 6.05. The number of carbonyl (C=O) groups is 1. The normalized spacial score (nSPS) is 15.7. The summed E-state index contributed by atoms with van der Waals surface area (Å²) in [5.74, 6) is -0.200. The number of allylic oxidation sites excluding steroid dienone is 2. The zero-order valence-electron chi connectivity index (χ0n) is 13.2. The molecule has 0 spiro atoms. The summed E-state index contributed by atoms with van der Waals surface area (Å²) in [6, 6.07) is 4.58. The van der Waals surface area contributed by atoms with Gasteiger partial charge < -0.3 is 10.3 Å². The summed E-state index contributed by atoms with van der Waals surface area (Å²) in [5.41, 5.74) is 3.09. The van der Waals surface area contributed by atoms with Gasteiger partial charge in [0.2, 0.25) is 0 Å². The van der Waals surface area contributed by atoms with Gasteiger partial charge in [-0.15, -0.1) is 0 Å². The van der Waals surface area contributed by atoms with Gasteiger partial charge in [0, 0.05) is 17.6 Å². The maximum absolute atomic E-state index is 11.3. The predicted molar refractivity (Wildman–Crippen MR) is 90.1 cm³/mol. The van der Waals surface area contributed by atoms with Gasteiger partial charge in [-0.2, -0.15) is 5.26 Å². The molecular weight excluding hydrogens is 288 g/mol. The fourth-order valence-electron chi connectivity index (χ4n) is 3.09. The van der Waals surface area contributed by atoms with Crippen LogP contribution in [0.25, 0.3) is 11.0 Å². The molecule has 0 saturated heterocycles. The van der Waals surface area contributed by atoms with Gasteiger partial charge >= 0.3 is 0 Å². The fraction of sp³-hybridized carbons (Fsp3) is 0.389. The SMILES string of the molecule is CC(=O)/C(C#N)=C/Cc1c[nH]c2ncc(NC3CCCC3)cc12. The molecule has 23 heavy (non-hydrogen) atoms. The van der Waals surface area contributed by atoms with Crippen LogP contribution < -0.4 is 5.32 Å². The molecule has 1 aliphatic rings. The zero-order valence-corrected chi connectivity index (χ0v) is 13.2. The van der Waals surface area contributed by atoms with Crippen molar-refractivity contribution in [2.45, 2.75) is 45.1 Å². The lowest BCUT2D eigenvalue weighted by atomic mass is 10.1. The van der Waals surface area contributed by atoms with Gasteiger partial charge in [0.15, 0.2) is 5.78 Å². The van der Waals surface area contributed by atoms with Gasteiger partial charge in [0.05, 0.1) is 17.5 Å². The second kappa shape index (κ2) is 6.66. The zero-order chi connectivity index (χ0) is 16.2. The third-order valence-electron chi connectivity index (χ3n) is 4.37. The second-order valence-corrected chi connectivity index (χ2v) is 6.05. The number of aromatic nitrogens is 2. The number of nitriles is 1. The number of aromatic amines is 1. The molecule has 1 fully saturated rings. The molecule has 5 nitrogen and oxygen atoms in total. The Morgan fingerprint density at radius 1 is 1.52 bits per heavy atom. The van der Waals surface area contributed by atoms with E-state index in [-0.39, 0.29) is 11.4 Å². The largest absolute Gasteiger partial charge is 0.381 e. The van der Waals surface area contributed by atoms with E-state index < -0.39 is 0 Å². The minimum Gasteiger partial charge on any atom is -0.381 e. The number of anilines is 1. The molecular formula is C18H20N4O. The van der Waals surface area contributed by atoms with E-state index in [1.165, 1.54) is 32.6 Å². The summed E-state index contributed by atoms with van der Waals surface area (Å²) in [6.07, 6.45) is 11.0. The summed E-state index contributed by atoms with van der Waals surface area (Å²) >= 11 is 0. The molecule has 118 valence electrons. The van der Waals surface area contributed by atoms with Crippen LogP contribution in [0.2, 0.25) is 0 Å². The van der Waals surface area contributed by atoms with Crippen LogP contribution in [0.3, 0.4) is 0 Å². The van der Waals surface area contributed by atoms with Crippen LogP contribution in [0.5, 0.6) is 0 Å². The van der Waals surface area contributed by atoms with Crippen LogP contribution in [-0.4, -0.2) is 21.8 Å². The molecule has 0 amide bonds. The highest BCUT2D eigenvalue weighted by Crippen LogP contribution is 2.25. The molecule has 2 heterocycles. The molecule has 0 unspecified atom stereocenters. The minimum absolute atomic E-state index is 0.200. The number of fused-ring (bicyclic) bond motifs is 1. The molecule has 0 atom stereocenters. The number of ketones is 1. The number of H-pyrrole nitrogens is 1.